The van der Waals surface area contributed by atoms with E-state index in [1.54, 1.807) is 6.20 Å². The number of nitrogens with zero attached hydrogens (tertiary/aromatic N) is 1. The number of carbonyl (C=O) groups excluding carboxylic acids is 1. The molecule has 6 heteroatoms. The lowest BCUT2D eigenvalue weighted by atomic mass is 10.3. The van der Waals surface area contributed by atoms with Crippen molar-refractivity contribution in [1.82, 2.24) is 4.98 Å². The fourth-order valence-electron chi connectivity index (χ4n) is 1.03. The van der Waals surface area contributed by atoms with Crippen LogP contribution in [-0.4, -0.2) is 23.6 Å². The molecule has 1 aromatic rings. The summed E-state index contributed by atoms with van der Waals surface area (Å²) < 4.78 is 5.95. The highest BCUT2D eigenvalue weighted by atomic mass is 79.9. The summed E-state index contributed by atoms with van der Waals surface area (Å²) in [5.41, 5.74) is 0.471. The predicted molar refractivity (Wildman–Crippen MR) is 71.3 cm³/mol. The molecule has 1 atom stereocenters. The van der Waals surface area contributed by atoms with Gasteiger partial charge in [-0.25, -0.2) is 0 Å². The van der Waals surface area contributed by atoms with Crippen LogP contribution >= 0.6 is 27.5 Å². The van der Waals surface area contributed by atoms with Crippen LogP contribution in [0.4, 0.5) is 5.69 Å². The summed E-state index contributed by atoms with van der Waals surface area (Å²) in [5.74, 6) is -0.243. The van der Waals surface area contributed by atoms with E-state index in [0.29, 0.717) is 15.2 Å². The van der Waals surface area contributed by atoms with E-state index >= 15 is 0 Å². The Balaban J connectivity index is 2.54. The summed E-state index contributed by atoms with van der Waals surface area (Å²) in [6.07, 6.45) is 3.99. The summed E-state index contributed by atoms with van der Waals surface area (Å²) in [7, 11) is 0. The lowest BCUT2D eigenvalue weighted by Crippen LogP contribution is -2.21. The first kappa shape index (κ1) is 14.4. The lowest BCUT2D eigenvalue weighted by Gasteiger charge is -2.11. The van der Waals surface area contributed by atoms with Gasteiger partial charge in [-0.3, -0.25) is 9.78 Å². The Hall–Kier alpha value is -0.650. The molecule has 1 aromatic heterocycles. The molecule has 0 aliphatic heterocycles. The molecule has 0 fully saturated rings. The molecule has 0 unspecified atom stereocenters. The van der Waals surface area contributed by atoms with Crippen LogP contribution in [-0.2, 0) is 9.53 Å². The monoisotopic (exact) mass is 320 g/mol. The maximum atomic E-state index is 11.6. The second kappa shape index (κ2) is 6.93. The van der Waals surface area contributed by atoms with Crippen molar-refractivity contribution in [3.63, 3.8) is 0 Å². The van der Waals surface area contributed by atoms with E-state index in [1.807, 2.05) is 13.8 Å². The van der Waals surface area contributed by atoms with Gasteiger partial charge in [0.25, 0.3) is 0 Å². The van der Waals surface area contributed by atoms with E-state index < -0.39 is 0 Å². The summed E-state index contributed by atoms with van der Waals surface area (Å²) in [6, 6.07) is 0. The van der Waals surface area contributed by atoms with Crippen molar-refractivity contribution in [3.8, 4) is 0 Å². The molecular formula is C11H14BrClN2O2. The lowest BCUT2D eigenvalue weighted by molar-refractivity contribution is -0.122. The molecule has 0 saturated carbocycles. The van der Waals surface area contributed by atoms with Crippen LogP contribution in [0.1, 0.15) is 20.3 Å². The van der Waals surface area contributed by atoms with Gasteiger partial charge < -0.3 is 10.1 Å². The third-order valence-electron chi connectivity index (χ3n) is 2.19. The number of hydrogen-bond acceptors (Lipinski definition) is 3. The minimum atomic E-state index is -0.243. The fraction of sp³-hybridized carbons (Fsp3) is 0.455. The maximum Gasteiger partial charge on any atom is 0.250 e. The number of hydrogen-bond donors (Lipinski definition) is 1. The standard InChI is InChI=1S/C11H14BrClN2O2/c1-3-7(2)17-6-10(16)15-9-5-14-4-8(12)11(9)13/h4-5,7H,3,6H2,1-2H3,(H,15,16)/t7-/m0/s1. The Bertz CT molecular complexity index is 401. The van der Waals surface area contributed by atoms with Gasteiger partial charge >= 0.3 is 0 Å². The number of rotatable bonds is 5. The van der Waals surface area contributed by atoms with Gasteiger partial charge in [0.2, 0.25) is 5.91 Å². The molecule has 4 nitrogen and oxygen atoms in total. The molecule has 94 valence electrons. The number of pyridine rings is 1. The topological polar surface area (TPSA) is 51.2 Å². The summed E-state index contributed by atoms with van der Waals surface area (Å²) in [4.78, 5) is 15.5. The van der Waals surface area contributed by atoms with Gasteiger partial charge in [-0.05, 0) is 29.3 Å². The van der Waals surface area contributed by atoms with E-state index in [2.05, 4.69) is 26.2 Å². The Kier molecular flexibility index (Phi) is 5.88. The van der Waals surface area contributed by atoms with E-state index in [-0.39, 0.29) is 18.6 Å². The van der Waals surface area contributed by atoms with Crippen molar-refractivity contribution in [3.05, 3.63) is 21.9 Å². The van der Waals surface area contributed by atoms with Crippen LogP contribution in [0.2, 0.25) is 5.02 Å². The summed E-state index contributed by atoms with van der Waals surface area (Å²) in [6.45, 7) is 3.93. The maximum absolute atomic E-state index is 11.6. The molecule has 0 bridgehead atoms. The normalized spacial score (nSPS) is 12.2. The first-order chi connectivity index (χ1) is 8.04. The van der Waals surface area contributed by atoms with E-state index in [0.717, 1.165) is 6.42 Å². The molecule has 0 saturated heterocycles. The quantitative estimate of drug-likeness (QED) is 0.905. The van der Waals surface area contributed by atoms with Crippen LogP contribution in [0.5, 0.6) is 0 Å². The molecule has 0 aliphatic carbocycles. The number of anilines is 1. The van der Waals surface area contributed by atoms with Crippen LogP contribution < -0.4 is 5.32 Å². The summed E-state index contributed by atoms with van der Waals surface area (Å²) in [5, 5.41) is 3.07. The minimum absolute atomic E-state index is 0.0118. The highest BCUT2D eigenvalue weighted by molar-refractivity contribution is 9.10. The highest BCUT2D eigenvalue weighted by Crippen LogP contribution is 2.28. The number of ether oxygens (including phenoxy) is 1. The second-order valence-electron chi connectivity index (χ2n) is 3.56. The molecule has 1 rings (SSSR count). The number of amides is 1. The highest BCUT2D eigenvalue weighted by Gasteiger charge is 2.09. The first-order valence-electron chi connectivity index (χ1n) is 5.25. The SMILES string of the molecule is CC[C@H](C)OCC(=O)Nc1cncc(Br)c1Cl. The number of halogens is 2. The van der Waals surface area contributed by atoms with Gasteiger partial charge in [-0.1, -0.05) is 18.5 Å². The number of aromatic nitrogens is 1. The van der Waals surface area contributed by atoms with E-state index in [1.165, 1.54) is 6.20 Å². The molecule has 0 aromatic carbocycles. The molecule has 1 N–H and O–H groups in total. The smallest absolute Gasteiger partial charge is 0.250 e. The average molecular weight is 322 g/mol. The molecule has 0 radical (unpaired) electrons. The van der Waals surface area contributed by atoms with Gasteiger partial charge in [-0.15, -0.1) is 0 Å². The van der Waals surface area contributed by atoms with E-state index in [9.17, 15) is 4.79 Å². The van der Waals surface area contributed by atoms with Crippen molar-refractivity contribution >= 4 is 39.1 Å². The average Bonchev–Trinajstić information content (AvgIpc) is 2.32. The Morgan fingerprint density at radius 1 is 1.65 bits per heavy atom. The number of carbonyl (C=O) groups is 1. The molecule has 0 spiro atoms. The molecular weight excluding hydrogens is 307 g/mol. The molecule has 17 heavy (non-hydrogen) atoms. The first-order valence-corrected chi connectivity index (χ1v) is 6.42. The Morgan fingerprint density at radius 3 is 3.00 bits per heavy atom. The number of nitrogens with one attached hydrogen (secondary N) is 1. The zero-order valence-corrected chi connectivity index (χ0v) is 12.0. The Morgan fingerprint density at radius 2 is 2.35 bits per heavy atom. The van der Waals surface area contributed by atoms with Gasteiger partial charge in [0.15, 0.2) is 0 Å². The minimum Gasteiger partial charge on any atom is -0.369 e. The van der Waals surface area contributed by atoms with Crippen molar-refractivity contribution in [1.29, 1.82) is 0 Å². The molecule has 1 heterocycles. The van der Waals surface area contributed by atoms with Crippen molar-refractivity contribution in [2.75, 3.05) is 11.9 Å². The predicted octanol–water partition coefficient (Wildman–Crippen LogP) is 3.25. The zero-order valence-electron chi connectivity index (χ0n) is 9.67. The largest absolute Gasteiger partial charge is 0.369 e. The van der Waals surface area contributed by atoms with E-state index in [4.69, 9.17) is 16.3 Å². The van der Waals surface area contributed by atoms with Gasteiger partial charge in [0, 0.05) is 6.20 Å². The zero-order chi connectivity index (χ0) is 12.8. The summed E-state index contributed by atoms with van der Waals surface area (Å²) >= 11 is 9.22. The fourth-order valence-corrected chi connectivity index (χ4v) is 1.51. The van der Waals surface area contributed by atoms with Crippen molar-refractivity contribution < 1.29 is 9.53 Å². The van der Waals surface area contributed by atoms with Crippen LogP contribution in [0.15, 0.2) is 16.9 Å². The van der Waals surface area contributed by atoms with Gasteiger partial charge in [0.1, 0.15) is 6.61 Å². The molecule has 1 amide bonds. The second-order valence-corrected chi connectivity index (χ2v) is 4.79. The third kappa shape index (κ3) is 4.61. The third-order valence-corrected chi connectivity index (χ3v) is 3.42. The Labute approximate surface area is 114 Å². The molecule has 0 aliphatic rings. The van der Waals surface area contributed by atoms with Crippen LogP contribution in [0.25, 0.3) is 0 Å². The van der Waals surface area contributed by atoms with Crippen LogP contribution in [0.3, 0.4) is 0 Å². The van der Waals surface area contributed by atoms with Crippen LogP contribution in [0, 0.1) is 0 Å². The van der Waals surface area contributed by atoms with Crippen molar-refractivity contribution in [2.45, 2.75) is 26.4 Å². The van der Waals surface area contributed by atoms with Gasteiger partial charge in [-0.2, -0.15) is 0 Å². The van der Waals surface area contributed by atoms with Gasteiger partial charge in [0.05, 0.1) is 27.5 Å². The van der Waals surface area contributed by atoms with Crippen molar-refractivity contribution in [2.24, 2.45) is 0 Å².